The molecule has 0 atom stereocenters. The molecular weight excluding hydrogens is 376 g/mol. The zero-order valence-electron chi connectivity index (χ0n) is 15.1. The van der Waals surface area contributed by atoms with Crippen LogP contribution in [0.3, 0.4) is 0 Å². The van der Waals surface area contributed by atoms with Crippen molar-refractivity contribution in [1.82, 2.24) is 0 Å². The van der Waals surface area contributed by atoms with Gasteiger partial charge in [-0.3, -0.25) is 9.59 Å². The molecule has 29 heavy (non-hydrogen) atoms. The second-order valence-electron chi connectivity index (χ2n) is 6.42. The average molecular weight is 391 g/mol. The summed E-state index contributed by atoms with van der Waals surface area (Å²) in [6.07, 6.45) is 0. The Morgan fingerprint density at radius 2 is 1.38 bits per heavy atom. The van der Waals surface area contributed by atoms with E-state index in [9.17, 15) is 18.4 Å². The molecule has 1 aromatic heterocycles. The van der Waals surface area contributed by atoms with Crippen LogP contribution in [0, 0.1) is 11.6 Å². The van der Waals surface area contributed by atoms with Crippen molar-refractivity contribution < 1.29 is 22.8 Å². The first kappa shape index (κ1) is 18.6. The molecule has 0 aliphatic heterocycles. The molecule has 0 amide bonds. The molecule has 0 fully saturated rings. The van der Waals surface area contributed by atoms with E-state index in [1.165, 1.54) is 48.5 Å². The highest BCUT2D eigenvalue weighted by Gasteiger charge is 2.22. The smallest absolute Gasteiger partial charge is 0.230 e. The zero-order chi connectivity index (χ0) is 20.4. The van der Waals surface area contributed by atoms with Gasteiger partial charge in [-0.1, -0.05) is 12.1 Å². The van der Waals surface area contributed by atoms with Crippen LogP contribution in [0.25, 0.3) is 11.0 Å². The van der Waals surface area contributed by atoms with Crippen molar-refractivity contribution in [2.45, 2.75) is 0 Å². The molecule has 0 radical (unpaired) electrons. The maximum atomic E-state index is 13.2. The van der Waals surface area contributed by atoms with E-state index in [0.717, 1.165) is 0 Å². The van der Waals surface area contributed by atoms with Gasteiger partial charge in [0.1, 0.15) is 17.2 Å². The van der Waals surface area contributed by atoms with Gasteiger partial charge in [-0.15, -0.1) is 0 Å². The summed E-state index contributed by atoms with van der Waals surface area (Å²) in [7, 11) is 0. The number of ketones is 2. The summed E-state index contributed by atoms with van der Waals surface area (Å²) in [6.45, 7) is -0.112. The van der Waals surface area contributed by atoms with Crippen LogP contribution >= 0.6 is 0 Å². The predicted octanol–water partition coefficient (Wildman–Crippen LogP) is 5.24. The fourth-order valence-corrected chi connectivity index (χ4v) is 3.02. The Bertz CT molecular complexity index is 1200. The third-order valence-electron chi connectivity index (χ3n) is 4.50. The summed E-state index contributed by atoms with van der Waals surface area (Å²) in [5.74, 6) is -1.55. The molecular formula is C23H15F2NO3. The van der Waals surface area contributed by atoms with Gasteiger partial charge in [-0.25, -0.2) is 8.78 Å². The largest absolute Gasteiger partial charge is 0.450 e. The second kappa shape index (κ2) is 7.67. The number of anilines is 1. The van der Waals surface area contributed by atoms with Gasteiger partial charge in [0.05, 0.1) is 12.2 Å². The Hall–Kier alpha value is -3.80. The number of carbonyl (C=O) groups excluding carboxylic acids is 2. The van der Waals surface area contributed by atoms with E-state index in [0.29, 0.717) is 22.2 Å². The Morgan fingerprint density at radius 3 is 2.03 bits per heavy atom. The predicted molar refractivity (Wildman–Crippen MR) is 105 cm³/mol. The van der Waals surface area contributed by atoms with Gasteiger partial charge in [0, 0.05) is 16.5 Å². The zero-order valence-corrected chi connectivity index (χ0v) is 15.1. The monoisotopic (exact) mass is 391 g/mol. The molecule has 0 spiro atoms. The SMILES string of the molecule is O=C(CNc1c(C(=O)c2ccc(F)cc2)oc2ccccc12)c1ccc(F)cc1. The highest BCUT2D eigenvalue weighted by atomic mass is 19.1. The van der Waals surface area contributed by atoms with Crippen molar-refractivity contribution in [3.8, 4) is 0 Å². The molecule has 0 saturated heterocycles. The van der Waals surface area contributed by atoms with Crippen LogP contribution in [0.4, 0.5) is 14.5 Å². The Balaban J connectivity index is 1.66. The normalized spacial score (nSPS) is 10.8. The van der Waals surface area contributed by atoms with E-state index < -0.39 is 17.4 Å². The van der Waals surface area contributed by atoms with E-state index in [4.69, 9.17) is 4.42 Å². The second-order valence-corrected chi connectivity index (χ2v) is 6.42. The number of furan rings is 1. The number of halogens is 2. The van der Waals surface area contributed by atoms with E-state index >= 15 is 0 Å². The lowest BCUT2D eigenvalue weighted by Crippen LogP contribution is -2.15. The van der Waals surface area contributed by atoms with E-state index in [1.807, 2.05) is 0 Å². The van der Waals surface area contributed by atoms with Crippen LogP contribution in [-0.2, 0) is 0 Å². The molecule has 0 saturated carbocycles. The fraction of sp³-hybridized carbons (Fsp3) is 0.0435. The number of hydrogen-bond donors (Lipinski definition) is 1. The first-order chi connectivity index (χ1) is 14.0. The number of benzene rings is 3. The van der Waals surface area contributed by atoms with Gasteiger partial charge in [-0.05, 0) is 60.7 Å². The van der Waals surface area contributed by atoms with Gasteiger partial charge in [0.2, 0.25) is 5.78 Å². The van der Waals surface area contributed by atoms with Crippen LogP contribution in [0.2, 0.25) is 0 Å². The molecule has 0 unspecified atom stereocenters. The summed E-state index contributed by atoms with van der Waals surface area (Å²) in [5.41, 5.74) is 1.47. The van der Waals surface area contributed by atoms with Gasteiger partial charge >= 0.3 is 0 Å². The number of carbonyl (C=O) groups is 2. The molecule has 1 heterocycles. The fourth-order valence-electron chi connectivity index (χ4n) is 3.02. The van der Waals surface area contributed by atoms with E-state index in [2.05, 4.69) is 5.32 Å². The number of Topliss-reactive ketones (excluding diaryl/α,β-unsaturated/α-hetero) is 1. The van der Waals surface area contributed by atoms with Gasteiger partial charge < -0.3 is 9.73 Å². The molecule has 4 nitrogen and oxygen atoms in total. The summed E-state index contributed by atoms with van der Waals surface area (Å²) < 4.78 is 32.0. The third kappa shape index (κ3) is 3.78. The van der Waals surface area contributed by atoms with Gasteiger partial charge in [0.25, 0.3) is 0 Å². The minimum absolute atomic E-state index is 0.0321. The Morgan fingerprint density at radius 1 is 0.793 bits per heavy atom. The molecule has 4 aromatic rings. The minimum atomic E-state index is -0.450. The number of hydrogen-bond acceptors (Lipinski definition) is 4. The lowest BCUT2D eigenvalue weighted by Gasteiger charge is -2.07. The summed E-state index contributed by atoms with van der Waals surface area (Å²) in [5, 5.41) is 3.62. The van der Waals surface area contributed by atoms with Crippen molar-refractivity contribution >= 4 is 28.2 Å². The number of rotatable bonds is 6. The molecule has 0 aliphatic carbocycles. The van der Waals surface area contributed by atoms with E-state index in [-0.39, 0.29) is 23.7 Å². The van der Waals surface area contributed by atoms with Crippen molar-refractivity contribution in [3.05, 3.63) is 101 Å². The number of para-hydroxylation sites is 1. The highest BCUT2D eigenvalue weighted by molar-refractivity contribution is 6.15. The number of nitrogens with one attached hydrogen (secondary N) is 1. The molecule has 0 bridgehead atoms. The molecule has 1 N–H and O–H groups in total. The Kier molecular flexibility index (Phi) is 4.91. The standard InChI is InChI=1S/C23H15F2NO3/c24-16-9-5-14(6-10-16)19(27)13-26-21-18-3-1-2-4-20(18)29-23(21)22(28)15-7-11-17(25)12-8-15/h1-12,26H,13H2. The summed E-state index contributed by atoms with van der Waals surface area (Å²) >= 11 is 0. The molecule has 3 aromatic carbocycles. The Labute approximate surface area is 164 Å². The van der Waals surface area contributed by atoms with Crippen LogP contribution < -0.4 is 5.32 Å². The van der Waals surface area contributed by atoms with E-state index in [1.54, 1.807) is 24.3 Å². The van der Waals surface area contributed by atoms with Crippen molar-refractivity contribution in [1.29, 1.82) is 0 Å². The third-order valence-corrected chi connectivity index (χ3v) is 4.50. The van der Waals surface area contributed by atoms with Crippen molar-refractivity contribution in [2.24, 2.45) is 0 Å². The lowest BCUT2D eigenvalue weighted by molar-refractivity contribution is 0.0997. The summed E-state index contributed by atoms with van der Waals surface area (Å²) in [4.78, 5) is 25.4. The number of fused-ring (bicyclic) bond motifs is 1. The maximum Gasteiger partial charge on any atom is 0.230 e. The minimum Gasteiger partial charge on any atom is -0.450 e. The van der Waals surface area contributed by atoms with Crippen LogP contribution in [0.15, 0.2) is 77.2 Å². The van der Waals surface area contributed by atoms with Crippen LogP contribution in [-0.4, -0.2) is 18.1 Å². The molecule has 0 aliphatic rings. The molecule has 144 valence electrons. The topological polar surface area (TPSA) is 59.3 Å². The average Bonchev–Trinajstić information content (AvgIpc) is 3.11. The lowest BCUT2D eigenvalue weighted by atomic mass is 10.1. The van der Waals surface area contributed by atoms with Crippen molar-refractivity contribution in [2.75, 3.05) is 11.9 Å². The highest BCUT2D eigenvalue weighted by Crippen LogP contribution is 2.32. The maximum absolute atomic E-state index is 13.2. The van der Waals surface area contributed by atoms with Crippen molar-refractivity contribution in [3.63, 3.8) is 0 Å². The first-order valence-corrected chi connectivity index (χ1v) is 8.87. The molecule has 4 rings (SSSR count). The van der Waals surface area contributed by atoms with Gasteiger partial charge in [0.15, 0.2) is 11.5 Å². The quantitative estimate of drug-likeness (QED) is 0.457. The van der Waals surface area contributed by atoms with Gasteiger partial charge in [-0.2, -0.15) is 0 Å². The van der Waals surface area contributed by atoms with Crippen LogP contribution in [0.1, 0.15) is 26.5 Å². The first-order valence-electron chi connectivity index (χ1n) is 8.87. The summed E-state index contributed by atoms with van der Waals surface area (Å²) in [6, 6.07) is 17.4. The molecule has 6 heteroatoms. The van der Waals surface area contributed by atoms with Crippen LogP contribution in [0.5, 0.6) is 0 Å².